The van der Waals surface area contributed by atoms with Crippen LogP contribution in [-0.2, 0) is 4.79 Å². The van der Waals surface area contributed by atoms with Crippen molar-refractivity contribution in [3.8, 4) is 0 Å². The number of nitro groups is 1. The zero-order valence-electron chi connectivity index (χ0n) is 10.2. The van der Waals surface area contributed by atoms with Gasteiger partial charge in [-0.2, -0.15) is 0 Å². The Bertz CT molecular complexity index is 451. The summed E-state index contributed by atoms with van der Waals surface area (Å²) in [6.45, 7) is 3.38. The quantitative estimate of drug-likeness (QED) is 0.647. The third-order valence-electron chi connectivity index (χ3n) is 2.54. The summed E-state index contributed by atoms with van der Waals surface area (Å²) in [4.78, 5) is 21.8. The number of nitrogens with one attached hydrogen (secondary N) is 1. The zero-order chi connectivity index (χ0) is 13.0. The van der Waals surface area contributed by atoms with Crippen molar-refractivity contribution in [2.45, 2.75) is 26.3 Å². The number of halogens is 1. The summed E-state index contributed by atoms with van der Waals surface area (Å²) in [5.41, 5.74) is 6.40. The van der Waals surface area contributed by atoms with Gasteiger partial charge in [0.1, 0.15) is 0 Å². The maximum absolute atomic E-state index is 11.6. The van der Waals surface area contributed by atoms with Crippen LogP contribution in [0.25, 0.3) is 0 Å². The third kappa shape index (κ3) is 3.68. The van der Waals surface area contributed by atoms with Crippen molar-refractivity contribution in [3.05, 3.63) is 33.9 Å². The molecule has 100 valence electrons. The molecule has 0 spiro atoms. The van der Waals surface area contributed by atoms with Crippen LogP contribution in [0.3, 0.4) is 0 Å². The fourth-order valence-electron chi connectivity index (χ4n) is 1.37. The van der Waals surface area contributed by atoms with Gasteiger partial charge in [-0.25, -0.2) is 0 Å². The highest BCUT2D eigenvalue weighted by atomic mass is 35.5. The second-order valence-corrected chi connectivity index (χ2v) is 3.71. The molecule has 7 heteroatoms. The first-order valence-electron chi connectivity index (χ1n) is 5.27. The Labute approximate surface area is 111 Å². The van der Waals surface area contributed by atoms with Crippen LogP contribution in [0.2, 0.25) is 0 Å². The van der Waals surface area contributed by atoms with E-state index in [1.807, 2.05) is 0 Å². The Morgan fingerprint density at radius 1 is 1.56 bits per heavy atom. The third-order valence-corrected chi connectivity index (χ3v) is 2.54. The molecule has 0 saturated heterocycles. The van der Waals surface area contributed by atoms with E-state index in [1.165, 1.54) is 12.1 Å². The molecule has 3 N–H and O–H groups in total. The second kappa shape index (κ2) is 6.93. The summed E-state index contributed by atoms with van der Waals surface area (Å²) in [6.07, 6.45) is 0.514. The van der Waals surface area contributed by atoms with Gasteiger partial charge in [0.05, 0.1) is 22.2 Å². The lowest BCUT2D eigenvalue weighted by Gasteiger charge is -2.11. The van der Waals surface area contributed by atoms with Crippen LogP contribution in [-0.4, -0.2) is 16.9 Å². The highest BCUT2D eigenvalue weighted by Gasteiger charge is 2.16. The van der Waals surface area contributed by atoms with Gasteiger partial charge in [0.15, 0.2) is 0 Å². The maximum Gasteiger partial charge on any atom is 0.274 e. The van der Waals surface area contributed by atoms with Gasteiger partial charge < -0.3 is 11.1 Å². The van der Waals surface area contributed by atoms with Crippen molar-refractivity contribution in [1.82, 2.24) is 0 Å². The smallest absolute Gasteiger partial charge is 0.274 e. The fraction of sp³-hybridized carbons (Fsp3) is 0.364. The number of carbonyl (C=O) groups is 1. The molecule has 0 bridgehead atoms. The molecule has 0 heterocycles. The lowest BCUT2D eigenvalue weighted by Crippen LogP contribution is -2.35. The fourth-order valence-corrected chi connectivity index (χ4v) is 1.37. The Morgan fingerprint density at radius 2 is 2.17 bits per heavy atom. The summed E-state index contributed by atoms with van der Waals surface area (Å²) in [6, 6.07) is 3.93. The number of carbonyl (C=O) groups excluding carboxylic acids is 1. The zero-order valence-corrected chi connectivity index (χ0v) is 11.0. The molecule has 0 aromatic heterocycles. The van der Waals surface area contributed by atoms with Gasteiger partial charge in [-0.15, -0.1) is 12.4 Å². The molecule has 6 nitrogen and oxygen atoms in total. The van der Waals surface area contributed by atoms with E-state index in [2.05, 4.69) is 5.32 Å². The monoisotopic (exact) mass is 273 g/mol. The molecule has 0 radical (unpaired) electrons. The van der Waals surface area contributed by atoms with Crippen LogP contribution in [0, 0.1) is 17.0 Å². The van der Waals surface area contributed by atoms with E-state index in [4.69, 9.17) is 5.73 Å². The van der Waals surface area contributed by atoms with E-state index in [1.54, 1.807) is 19.9 Å². The molecule has 0 unspecified atom stereocenters. The number of nitrogens with two attached hydrogens (primary N) is 1. The maximum atomic E-state index is 11.6. The van der Waals surface area contributed by atoms with E-state index in [0.717, 1.165) is 0 Å². The molecule has 0 fully saturated rings. The highest BCUT2D eigenvalue weighted by Crippen LogP contribution is 2.25. The first-order chi connectivity index (χ1) is 7.97. The number of hydrogen-bond donors (Lipinski definition) is 2. The van der Waals surface area contributed by atoms with E-state index < -0.39 is 11.0 Å². The van der Waals surface area contributed by atoms with E-state index in [-0.39, 0.29) is 24.0 Å². The number of rotatable bonds is 4. The van der Waals surface area contributed by atoms with Gasteiger partial charge in [-0.1, -0.05) is 13.0 Å². The van der Waals surface area contributed by atoms with Crippen molar-refractivity contribution >= 4 is 29.7 Å². The minimum Gasteiger partial charge on any atom is -0.324 e. The second-order valence-electron chi connectivity index (χ2n) is 3.71. The number of anilines is 1. The first-order valence-corrected chi connectivity index (χ1v) is 5.27. The standard InChI is InChI=1S/C11H15N3O3.ClH/c1-3-8(12)11(15)13-9-5-4-6-10(7(9)2)14(16)17;/h4-6,8H,3,12H2,1-2H3,(H,13,15);1H/t8-;/m0./s1. The van der Waals surface area contributed by atoms with Gasteiger partial charge >= 0.3 is 0 Å². The van der Waals surface area contributed by atoms with Crippen molar-refractivity contribution < 1.29 is 9.72 Å². The van der Waals surface area contributed by atoms with Crippen molar-refractivity contribution in [3.63, 3.8) is 0 Å². The van der Waals surface area contributed by atoms with Crippen molar-refractivity contribution in [2.24, 2.45) is 5.73 Å². The molecule has 1 aromatic carbocycles. The molecule has 1 atom stereocenters. The molecule has 0 aliphatic heterocycles. The van der Waals surface area contributed by atoms with Crippen molar-refractivity contribution in [2.75, 3.05) is 5.32 Å². The lowest BCUT2D eigenvalue weighted by molar-refractivity contribution is -0.385. The molecule has 1 aromatic rings. The number of nitrogens with zero attached hydrogens (tertiary/aromatic N) is 1. The Hall–Kier alpha value is -1.66. The minimum atomic E-state index is -0.603. The summed E-state index contributed by atoms with van der Waals surface area (Å²) < 4.78 is 0. The predicted molar refractivity (Wildman–Crippen MR) is 72.0 cm³/mol. The summed E-state index contributed by atoms with van der Waals surface area (Å²) in [5, 5.41) is 13.3. The van der Waals surface area contributed by atoms with Crippen LogP contribution in [0.15, 0.2) is 18.2 Å². The topological polar surface area (TPSA) is 98.3 Å². The molecule has 0 saturated carbocycles. The van der Waals surface area contributed by atoms with Crippen LogP contribution in [0.4, 0.5) is 11.4 Å². The number of benzene rings is 1. The minimum absolute atomic E-state index is 0. The Balaban J connectivity index is 0.00000289. The van der Waals surface area contributed by atoms with Gasteiger partial charge in [-0.05, 0) is 19.4 Å². The highest BCUT2D eigenvalue weighted by molar-refractivity contribution is 5.95. The Morgan fingerprint density at radius 3 is 2.67 bits per heavy atom. The van der Waals surface area contributed by atoms with E-state index in [0.29, 0.717) is 17.7 Å². The molecule has 1 amide bonds. The Kier molecular flexibility index (Phi) is 6.29. The lowest BCUT2D eigenvalue weighted by atomic mass is 10.1. The number of hydrogen-bond acceptors (Lipinski definition) is 4. The molecule has 1 rings (SSSR count). The van der Waals surface area contributed by atoms with Gasteiger partial charge in [-0.3, -0.25) is 14.9 Å². The largest absolute Gasteiger partial charge is 0.324 e. The van der Waals surface area contributed by atoms with Gasteiger partial charge in [0.2, 0.25) is 5.91 Å². The normalized spacial score (nSPS) is 11.3. The average molecular weight is 274 g/mol. The summed E-state index contributed by atoms with van der Waals surface area (Å²) in [5.74, 6) is -0.337. The first kappa shape index (κ1) is 16.3. The van der Waals surface area contributed by atoms with Crippen LogP contribution in [0.1, 0.15) is 18.9 Å². The predicted octanol–water partition coefficient (Wildman–Crippen LogP) is 2.00. The van der Waals surface area contributed by atoms with E-state index in [9.17, 15) is 14.9 Å². The molecular weight excluding hydrogens is 258 g/mol. The molecule has 0 aliphatic carbocycles. The average Bonchev–Trinajstić information content (AvgIpc) is 2.30. The molecule has 0 aliphatic rings. The molecular formula is C11H16ClN3O3. The number of amides is 1. The SMILES string of the molecule is CC[C@H](N)C(=O)Nc1cccc([N+](=O)[O-])c1C.Cl. The van der Waals surface area contributed by atoms with Crippen LogP contribution < -0.4 is 11.1 Å². The van der Waals surface area contributed by atoms with Gasteiger partial charge in [0, 0.05) is 6.07 Å². The van der Waals surface area contributed by atoms with E-state index >= 15 is 0 Å². The summed E-state index contributed by atoms with van der Waals surface area (Å²) >= 11 is 0. The van der Waals surface area contributed by atoms with Crippen molar-refractivity contribution in [1.29, 1.82) is 0 Å². The van der Waals surface area contributed by atoms with Crippen LogP contribution >= 0.6 is 12.4 Å². The van der Waals surface area contributed by atoms with Gasteiger partial charge in [0.25, 0.3) is 5.69 Å². The van der Waals surface area contributed by atoms with Crippen LogP contribution in [0.5, 0.6) is 0 Å². The summed E-state index contributed by atoms with van der Waals surface area (Å²) in [7, 11) is 0. The molecule has 18 heavy (non-hydrogen) atoms. The number of nitro benzene ring substituents is 1.